The molecule has 3 nitrogen and oxygen atoms in total. The average molecular weight is 303 g/mol. The van der Waals surface area contributed by atoms with Crippen LogP contribution in [-0.2, 0) is 0 Å². The van der Waals surface area contributed by atoms with E-state index in [1.807, 2.05) is 12.1 Å². The molecule has 0 spiro atoms. The summed E-state index contributed by atoms with van der Waals surface area (Å²) < 4.78 is 19.3. The number of nitrogens with zero attached hydrogens (tertiary/aromatic N) is 2. The van der Waals surface area contributed by atoms with E-state index in [1.165, 1.54) is 0 Å². The van der Waals surface area contributed by atoms with Gasteiger partial charge in [-0.25, -0.2) is 9.37 Å². The molecule has 2 heterocycles. The Labute approximate surface area is 109 Å². The lowest BCUT2D eigenvalue weighted by molar-refractivity contribution is 0.244. The van der Waals surface area contributed by atoms with Crippen molar-refractivity contribution in [3.63, 3.8) is 0 Å². The molecule has 17 heavy (non-hydrogen) atoms. The summed E-state index contributed by atoms with van der Waals surface area (Å²) in [6.45, 7) is 2.98. The van der Waals surface area contributed by atoms with E-state index in [0.717, 1.165) is 24.0 Å². The maximum atomic E-state index is 12.9. The van der Waals surface area contributed by atoms with Gasteiger partial charge in [0.1, 0.15) is 6.17 Å². The Bertz CT molecular complexity index is 347. The van der Waals surface area contributed by atoms with Crippen LogP contribution in [0.4, 0.5) is 4.39 Å². The van der Waals surface area contributed by atoms with Gasteiger partial charge < -0.3 is 9.64 Å². The Kier molecular flexibility index (Phi) is 4.74. The summed E-state index contributed by atoms with van der Waals surface area (Å²) in [6.07, 6.45) is 2.66. The molecule has 1 aliphatic rings. The second-order valence-electron chi connectivity index (χ2n) is 4.20. The van der Waals surface area contributed by atoms with Crippen LogP contribution >= 0.6 is 15.9 Å². The minimum atomic E-state index is -0.635. The Morgan fingerprint density at radius 2 is 2.41 bits per heavy atom. The maximum absolute atomic E-state index is 12.9. The Balaban J connectivity index is 1.61. The van der Waals surface area contributed by atoms with Crippen LogP contribution in [-0.4, -0.2) is 42.3 Å². The molecule has 94 valence electrons. The second-order valence-corrected chi connectivity index (χ2v) is 5.12. The number of hydrogen-bond acceptors (Lipinski definition) is 3. The number of pyridine rings is 1. The molecule has 1 aromatic rings. The van der Waals surface area contributed by atoms with E-state index in [0.29, 0.717) is 25.5 Å². The molecular weight excluding hydrogens is 287 g/mol. The Hall–Kier alpha value is -0.680. The standard InChI is InChI=1S/C12H16BrFN2O/c13-10-2-3-12(15-8-10)17-7-1-5-16-6-4-11(14)9-16/h2-3,8,11H,1,4-7,9H2. The van der Waals surface area contributed by atoms with Crippen molar-refractivity contribution in [1.29, 1.82) is 0 Å². The first kappa shape index (κ1) is 12.8. The lowest BCUT2D eigenvalue weighted by atomic mass is 10.3. The van der Waals surface area contributed by atoms with Crippen molar-refractivity contribution in [2.45, 2.75) is 19.0 Å². The van der Waals surface area contributed by atoms with Gasteiger partial charge in [-0.05, 0) is 34.8 Å². The molecule has 1 atom stereocenters. The van der Waals surface area contributed by atoms with Crippen LogP contribution in [0.2, 0.25) is 0 Å². The highest BCUT2D eigenvalue weighted by atomic mass is 79.9. The highest BCUT2D eigenvalue weighted by Gasteiger charge is 2.20. The molecule has 0 amide bonds. The van der Waals surface area contributed by atoms with Crippen LogP contribution in [0.15, 0.2) is 22.8 Å². The van der Waals surface area contributed by atoms with Gasteiger partial charge in [0, 0.05) is 36.4 Å². The van der Waals surface area contributed by atoms with Gasteiger partial charge in [0.2, 0.25) is 5.88 Å². The third-order valence-corrected chi connectivity index (χ3v) is 3.25. The van der Waals surface area contributed by atoms with Crippen molar-refractivity contribution >= 4 is 15.9 Å². The molecule has 0 radical (unpaired) electrons. The summed E-state index contributed by atoms with van der Waals surface area (Å²) >= 11 is 3.32. The van der Waals surface area contributed by atoms with Crippen LogP contribution in [0.25, 0.3) is 0 Å². The fourth-order valence-electron chi connectivity index (χ4n) is 1.90. The lowest BCUT2D eigenvalue weighted by Crippen LogP contribution is -2.23. The van der Waals surface area contributed by atoms with Crippen LogP contribution in [0, 0.1) is 0 Å². The predicted molar refractivity (Wildman–Crippen MR) is 68.0 cm³/mol. The number of likely N-dealkylation sites (tertiary alicyclic amines) is 1. The van der Waals surface area contributed by atoms with Crippen molar-refractivity contribution in [2.24, 2.45) is 0 Å². The van der Waals surface area contributed by atoms with E-state index in [9.17, 15) is 4.39 Å². The number of hydrogen-bond donors (Lipinski definition) is 0. The third kappa shape index (κ3) is 4.24. The Morgan fingerprint density at radius 1 is 1.53 bits per heavy atom. The number of halogens is 2. The van der Waals surface area contributed by atoms with Crippen LogP contribution in [0.1, 0.15) is 12.8 Å². The molecule has 0 saturated carbocycles. The average Bonchev–Trinajstić information content (AvgIpc) is 2.73. The smallest absolute Gasteiger partial charge is 0.213 e. The highest BCUT2D eigenvalue weighted by Crippen LogP contribution is 2.14. The van der Waals surface area contributed by atoms with Crippen LogP contribution in [0.5, 0.6) is 5.88 Å². The van der Waals surface area contributed by atoms with Gasteiger partial charge in [-0.1, -0.05) is 0 Å². The monoisotopic (exact) mass is 302 g/mol. The first-order valence-electron chi connectivity index (χ1n) is 5.85. The molecule has 0 bridgehead atoms. The molecule has 2 rings (SSSR count). The van der Waals surface area contributed by atoms with Gasteiger partial charge in [0.25, 0.3) is 0 Å². The predicted octanol–water partition coefficient (Wildman–Crippen LogP) is 2.66. The van der Waals surface area contributed by atoms with Crippen molar-refractivity contribution in [2.75, 3.05) is 26.2 Å². The molecule has 5 heteroatoms. The van der Waals surface area contributed by atoms with Crippen molar-refractivity contribution < 1.29 is 9.13 Å². The van der Waals surface area contributed by atoms with E-state index in [1.54, 1.807) is 6.20 Å². The topological polar surface area (TPSA) is 25.4 Å². The summed E-state index contributed by atoms with van der Waals surface area (Å²) in [7, 11) is 0. The highest BCUT2D eigenvalue weighted by molar-refractivity contribution is 9.10. The number of ether oxygens (including phenoxy) is 1. The van der Waals surface area contributed by atoms with Gasteiger partial charge >= 0.3 is 0 Å². The fourth-order valence-corrected chi connectivity index (χ4v) is 2.14. The quantitative estimate of drug-likeness (QED) is 0.782. The molecular formula is C12H16BrFN2O. The van der Waals surface area contributed by atoms with Crippen molar-refractivity contribution in [3.05, 3.63) is 22.8 Å². The van der Waals surface area contributed by atoms with E-state index in [4.69, 9.17) is 4.74 Å². The van der Waals surface area contributed by atoms with Gasteiger partial charge in [0.15, 0.2) is 0 Å². The van der Waals surface area contributed by atoms with Gasteiger partial charge in [0.05, 0.1) is 6.61 Å². The summed E-state index contributed by atoms with van der Waals surface area (Å²) in [5.74, 6) is 0.637. The van der Waals surface area contributed by atoms with Crippen LogP contribution in [0.3, 0.4) is 0 Å². The summed E-state index contributed by atoms with van der Waals surface area (Å²) in [5.41, 5.74) is 0. The van der Waals surface area contributed by atoms with E-state index < -0.39 is 6.17 Å². The first-order chi connectivity index (χ1) is 8.24. The molecule has 1 fully saturated rings. The van der Waals surface area contributed by atoms with Crippen molar-refractivity contribution in [3.8, 4) is 5.88 Å². The molecule has 1 unspecified atom stereocenters. The Morgan fingerprint density at radius 3 is 3.06 bits per heavy atom. The molecule has 0 aliphatic carbocycles. The van der Waals surface area contributed by atoms with Gasteiger partial charge in [-0.3, -0.25) is 0 Å². The first-order valence-corrected chi connectivity index (χ1v) is 6.64. The van der Waals surface area contributed by atoms with Crippen LogP contribution < -0.4 is 4.74 Å². The molecule has 1 aliphatic heterocycles. The largest absolute Gasteiger partial charge is 0.478 e. The van der Waals surface area contributed by atoms with Gasteiger partial charge in [-0.15, -0.1) is 0 Å². The zero-order valence-corrected chi connectivity index (χ0v) is 11.2. The zero-order chi connectivity index (χ0) is 12.1. The minimum absolute atomic E-state index is 0.580. The van der Waals surface area contributed by atoms with E-state index in [-0.39, 0.29) is 0 Å². The zero-order valence-electron chi connectivity index (χ0n) is 9.61. The number of rotatable bonds is 5. The fraction of sp³-hybridized carbons (Fsp3) is 0.583. The van der Waals surface area contributed by atoms with Gasteiger partial charge in [-0.2, -0.15) is 0 Å². The molecule has 1 saturated heterocycles. The molecule has 0 aromatic carbocycles. The number of alkyl halides is 1. The third-order valence-electron chi connectivity index (χ3n) is 2.78. The summed E-state index contributed by atoms with van der Waals surface area (Å²) in [5, 5.41) is 0. The molecule has 0 N–H and O–H groups in total. The normalized spacial score (nSPS) is 20.7. The summed E-state index contributed by atoms with van der Waals surface area (Å²) in [4.78, 5) is 6.26. The minimum Gasteiger partial charge on any atom is -0.478 e. The van der Waals surface area contributed by atoms with E-state index >= 15 is 0 Å². The molecule has 1 aromatic heterocycles. The lowest BCUT2D eigenvalue weighted by Gasteiger charge is -2.14. The SMILES string of the molecule is FC1CCN(CCCOc2ccc(Br)cn2)C1. The van der Waals surface area contributed by atoms with Crippen molar-refractivity contribution in [1.82, 2.24) is 9.88 Å². The number of aromatic nitrogens is 1. The maximum Gasteiger partial charge on any atom is 0.213 e. The van der Waals surface area contributed by atoms with E-state index in [2.05, 4.69) is 25.8 Å². The summed E-state index contributed by atoms with van der Waals surface area (Å²) in [6, 6.07) is 3.73. The second kappa shape index (κ2) is 6.31.